The Morgan fingerprint density at radius 2 is 2.08 bits per heavy atom. The van der Waals surface area contributed by atoms with E-state index in [4.69, 9.17) is 0 Å². The van der Waals surface area contributed by atoms with Gasteiger partial charge in [0.15, 0.2) is 0 Å². The van der Waals surface area contributed by atoms with Gasteiger partial charge in [-0.1, -0.05) is 19.9 Å². The second-order valence-electron chi connectivity index (χ2n) is 3.47. The molecule has 0 bridgehead atoms. The molecule has 0 fully saturated rings. The Hall–Kier alpha value is -0.850. The molecule has 0 unspecified atom stereocenters. The minimum absolute atomic E-state index is 1.10. The fourth-order valence-corrected chi connectivity index (χ4v) is 1.60. The van der Waals surface area contributed by atoms with Crippen molar-refractivity contribution in [3.05, 3.63) is 22.9 Å². The van der Waals surface area contributed by atoms with Crippen molar-refractivity contribution < 1.29 is 0 Å². The van der Waals surface area contributed by atoms with Gasteiger partial charge in [-0.15, -0.1) is 0 Å². The van der Waals surface area contributed by atoms with Gasteiger partial charge in [0, 0.05) is 11.9 Å². The van der Waals surface area contributed by atoms with E-state index in [0.29, 0.717) is 0 Å². The first-order valence-electron chi connectivity index (χ1n) is 5.19. The number of rotatable bonds is 2. The summed E-state index contributed by atoms with van der Waals surface area (Å²) in [6.07, 6.45) is 8.92. The normalized spacial score (nSPS) is 18.2. The Kier molecular flexibility index (Phi) is 3.94. The molecule has 0 N–H and O–H groups in total. The molecule has 1 aliphatic rings. The molecule has 0 radical (unpaired) electrons. The van der Waals surface area contributed by atoms with Crippen molar-refractivity contribution in [2.24, 2.45) is 4.99 Å². The Morgan fingerprint density at radius 3 is 2.69 bits per heavy atom. The van der Waals surface area contributed by atoms with Gasteiger partial charge in [0.25, 0.3) is 0 Å². The van der Waals surface area contributed by atoms with E-state index in [1.165, 1.54) is 29.7 Å². The molecule has 72 valence electrons. The van der Waals surface area contributed by atoms with E-state index in [1.807, 2.05) is 6.21 Å². The lowest BCUT2D eigenvalue weighted by molar-refractivity contribution is 0.871. The maximum Gasteiger partial charge on any atom is 0.0364 e. The summed E-state index contributed by atoms with van der Waals surface area (Å²) in [7, 11) is 0. The first kappa shape index (κ1) is 10.2. The van der Waals surface area contributed by atoms with E-state index in [1.54, 1.807) is 0 Å². The summed E-state index contributed by atoms with van der Waals surface area (Å²) >= 11 is 0. The summed E-state index contributed by atoms with van der Waals surface area (Å²) in [6.45, 7) is 6.51. The largest absolute Gasteiger partial charge is 0.261 e. The van der Waals surface area contributed by atoms with E-state index >= 15 is 0 Å². The number of aliphatic imine (C=N–C) groups is 1. The predicted molar refractivity (Wildman–Crippen MR) is 59.1 cm³/mol. The van der Waals surface area contributed by atoms with Crippen molar-refractivity contribution in [1.29, 1.82) is 0 Å². The molecule has 1 aliphatic heterocycles. The summed E-state index contributed by atoms with van der Waals surface area (Å²) in [5.74, 6) is 0. The highest BCUT2D eigenvalue weighted by molar-refractivity contribution is 5.79. The summed E-state index contributed by atoms with van der Waals surface area (Å²) in [6, 6.07) is 0. The van der Waals surface area contributed by atoms with Crippen LogP contribution in [0, 0.1) is 0 Å². The van der Waals surface area contributed by atoms with Crippen molar-refractivity contribution in [3.63, 3.8) is 0 Å². The van der Waals surface area contributed by atoms with Crippen LogP contribution in [0.2, 0.25) is 0 Å². The second-order valence-corrected chi connectivity index (χ2v) is 3.47. The molecule has 1 nitrogen and oxygen atoms in total. The second kappa shape index (κ2) is 5.00. The molecule has 0 aromatic carbocycles. The van der Waals surface area contributed by atoms with Crippen molar-refractivity contribution in [1.82, 2.24) is 0 Å². The third-order valence-electron chi connectivity index (χ3n) is 2.62. The molecule has 1 heteroatoms. The molecule has 0 aliphatic carbocycles. The first-order valence-corrected chi connectivity index (χ1v) is 5.19. The van der Waals surface area contributed by atoms with Crippen LogP contribution in [0.1, 0.15) is 46.5 Å². The van der Waals surface area contributed by atoms with Gasteiger partial charge < -0.3 is 0 Å². The Labute approximate surface area is 81.3 Å². The smallest absolute Gasteiger partial charge is 0.0364 e. The van der Waals surface area contributed by atoms with Crippen molar-refractivity contribution in [2.75, 3.05) is 0 Å². The zero-order valence-electron chi connectivity index (χ0n) is 8.93. The molecule has 0 saturated heterocycles. The van der Waals surface area contributed by atoms with Gasteiger partial charge in [0.05, 0.1) is 0 Å². The van der Waals surface area contributed by atoms with Crippen LogP contribution in [0.3, 0.4) is 0 Å². The molecule has 0 spiro atoms. The molecular formula is C12H19N. The van der Waals surface area contributed by atoms with Crippen LogP contribution in [0.15, 0.2) is 27.9 Å². The van der Waals surface area contributed by atoms with Crippen LogP contribution < -0.4 is 0 Å². The van der Waals surface area contributed by atoms with Crippen LogP contribution in [0.5, 0.6) is 0 Å². The van der Waals surface area contributed by atoms with Gasteiger partial charge in [0.2, 0.25) is 0 Å². The predicted octanol–water partition coefficient (Wildman–Crippen LogP) is 3.87. The third-order valence-corrected chi connectivity index (χ3v) is 2.62. The standard InChI is InChI=1S/C12H19N/c1-4-11-7-6-8-12(5-2)10(3)13-9-11/h7,9H,4-6,8H2,1-3H3. The maximum absolute atomic E-state index is 4.47. The lowest BCUT2D eigenvalue weighted by Crippen LogP contribution is -1.92. The van der Waals surface area contributed by atoms with Gasteiger partial charge in [-0.25, -0.2) is 0 Å². The lowest BCUT2D eigenvalue weighted by Gasteiger charge is -2.09. The molecule has 0 amide bonds. The molecule has 0 atom stereocenters. The maximum atomic E-state index is 4.47. The van der Waals surface area contributed by atoms with Gasteiger partial charge in [-0.05, 0) is 43.8 Å². The zero-order valence-corrected chi connectivity index (χ0v) is 8.93. The Morgan fingerprint density at radius 1 is 1.31 bits per heavy atom. The SMILES string of the molecule is CCC1=CCCC(CC)=C(C)N=C1. The minimum atomic E-state index is 1.10. The quantitative estimate of drug-likeness (QED) is 0.607. The van der Waals surface area contributed by atoms with E-state index in [9.17, 15) is 0 Å². The Bertz CT molecular complexity index is 256. The monoisotopic (exact) mass is 177 g/mol. The average molecular weight is 177 g/mol. The number of hydrogen-bond acceptors (Lipinski definition) is 1. The fourth-order valence-electron chi connectivity index (χ4n) is 1.60. The molecule has 0 aromatic rings. The van der Waals surface area contributed by atoms with Crippen LogP contribution in [0.4, 0.5) is 0 Å². The first-order chi connectivity index (χ1) is 6.27. The molecule has 1 heterocycles. The number of allylic oxidation sites excluding steroid dienone is 4. The number of nitrogens with zero attached hydrogens (tertiary/aromatic N) is 1. The average Bonchev–Trinajstić information content (AvgIpc) is 2.13. The summed E-state index contributed by atoms with van der Waals surface area (Å²) in [5, 5.41) is 0. The van der Waals surface area contributed by atoms with Gasteiger partial charge in [-0.2, -0.15) is 0 Å². The van der Waals surface area contributed by atoms with Crippen LogP contribution in [-0.4, -0.2) is 6.21 Å². The topological polar surface area (TPSA) is 12.4 Å². The van der Waals surface area contributed by atoms with Crippen molar-refractivity contribution >= 4 is 6.21 Å². The van der Waals surface area contributed by atoms with Crippen molar-refractivity contribution in [3.8, 4) is 0 Å². The molecular weight excluding hydrogens is 158 g/mol. The van der Waals surface area contributed by atoms with Gasteiger partial charge >= 0.3 is 0 Å². The van der Waals surface area contributed by atoms with E-state index < -0.39 is 0 Å². The third kappa shape index (κ3) is 2.83. The molecule has 13 heavy (non-hydrogen) atoms. The molecule has 1 rings (SSSR count). The summed E-state index contributed by atoms with van der Waals surface area (Å²) in [4.78, 5) is 4.47. The summed E-state index contributed by atoms with van der Waals surface area (Å²) < 4.78 is 0. The minimum Gasteiger partial charge on any atom is -0.261 e. The van der Waals surface area contributed by atoms with Gasteiger partial charge in [-0.3, -0.25) is 4.99 Å². The van der Waals surface area contributed by atoms with Gasteiger partial charge in [0.1, 0.15) is 0 Å². The highest BCUT2D eigenvalue weighted by Gasteiger charge is 2.01. The van der Waals surface area contributed by atoms with E-state index in [2.05, 4.69) is 31.8 Å². The summed E-state index contributed by atoms with van der Waals surface area (Å²) in [5.41, 5.74) is 4.10. The van der Waals surface area contributed by atoms with E-state index in [-0.39, 0.29) is 0 Å². The van der Waals surface area contributed by atoms with Crippen molar-refractivity contribution in [2.45, 2.75) is 46.5 Å². The highest BCUT2D eigenvalue weighted by atomic mass is 14.7. The zero-order chi connectivity index (χ0) is 9.68. The number of hydrogen-bond donors (Lipinski definition) is 0. The molecule has 0 saturated carbocycles. The van der Waals surface area contributed by atoms with Crippen LogP contribution >= 0.6 is 0 Å². The Balaban J connectivity index is 2.83. The van der Waals surface area contributed by atoms with Crippen LogP contribution in [-0.2, 0) is 0 Å². The van der Waals surface area contributed by atoms with E-state index in [0.717, 1.165) is 12.8 Å². The lowest BCUT2D eigenvalue weighted by atomic mass is 10.0. The highest BCUT2D eigenvalue weighted by Crippen LogP contribution is 2.19. The van der Waals surface area contributed by atoms with Crippen LogP contribution in [0.25, 0.3) is 0 Å². The molecule has 0 aromatic heterocycles. The fraction of sp³-hybridized carbons (Fsp3) is 0.583.